The number of fused-ring (bicyclic) bond motifs is 1. The first kappa shape index (κ1) is 19.6. The van der Waals surface area contributed by atoms with E-state index in [1.54, 1.807) is 48.4 Å². The van der Waals surface area contributed by atoms with Gasteiger partial charge in [0, 0.05) is 6.54 Å². The lowest BCUT2D eigenvalue weighted by molar-refractivity contribution is -0.133. The zero-order chi connectivity index (χ0) is 19.4. The van der Waals surface area contributed by atoms with Crippen LogP contribution in [0.5, 0.6) is 5.75 Å². The van der Waals surface area contributed by atoms with Crippen LogP contribution in [0.25, 0.3) is 0 Å². The normalized spacial score (nSPS) is 19.0. The SMILES string of the molecule is CCOP(=O)(c1ccc(OC)cc1)N1Cc2ccccc2CC1C(=O)NO. The van der Waals surface area contributed by atoms with E-state index in [9.17, 15) is 14.6 Å². The monoisotopic (exact) mass is 390 g/mol. The Balaban J connectivity index is 2.07. The Morgan fingerprint density at radius 3 is 2.48 bits per heavy atom. The third-order valence-corrected chi connectivity index (χ3v) is 7.33. The molecule has 0 saturated heterocycles. The van der Waals surface area contributed by atoms with E-state index in [4.69, 9.17) is 9.26 Å². The number of rotatable bonds is 6. The Hall–Kier alpha value is -2.18. The molecule has 2 aromatic rings. The quantitative estimate of drug-likeness (QED) is 0.448. The van der Waals surface area contributed by atoms with Crippen LogP contribution in [0.4, 0.5) is 0 Å². The number of nitrogens with one attached hydrogen (secondary N) is 1. The molecule has 2 N–H and O–H groups in total. The maximum absolute atomic E-state index is 14.0. The highest BCUT2D eigenvalue weighted by Crippen LogP contribution is 2.53. The van der Waals surface area contributed by atoms with Gasteiger partial charge < -0.3 is 9.26 Å². The molecule has 1 aliphatic rings. The van der Waals surface area contributed by atoms with Gasteiger partial charge in [0.05, 0.1) is 19.0 Å². The minimum atomic E-state index is -3.55. The average Bonchev–Trinajstić information content (AvgIpc) is 2.72. The molecular formula is C19H23N2O5P. The second kappa shape index (κ2) is 8.23. The summed E-state index contributed by atoms with van der Waals surface area (Å²) in [7, 11) is -1.99. The van der Waals surface area contributed by atoms with Gasteiger partial charge >= 0.3 is 7.52 Å². The van der Waals surface area contributed by atoms with Crippen LogP contribution in [-0.4, -0.2) is 35.5 Å². The first-order valence-corrected chi connectivity index (χ1v) is 10.3. The summed E-state index contributed by atoms with van der Waals surface area (Å²) in [5.41, 5.74) is 3.67. The van der Waals surface area contributed by atoms with Crippen LogP contribution in [0.1, 0.15) is 18.1 Å². The Bertz CT molecular complexity index is 855. The van der Waals surface area contributed by atoms with E-state index < -0.39 is 19.5 Å². The number of nitrogens with zero attached hydrogens (tertiary/aromatic N) is 1. The molecule has 1 aliphatic heterocycles. The number of hydrogen-bond acceptors (Lipinski definition) is 5. The number of methoxy groups -OCH3 is 1. The predicted octanol–water partition coefficient (Wildman–Crippen LogP) is 2.48. The molecule has 0 aromatic heterocycles. The molecule has 0 spiro atoms. The van der Waals surface area contributed by atoms with Gasteiger partial charge in [0.25, 0.3) is 5.91 Å². The molecule has 8 heteroatoms. The van der Waals surface area contributed by atoms with Gasteiger partial charge in [0.15, 0.2) is 0 Å². The summed E-state index contributed by atoms with van der Waals surface area (Å²) in [5, 5.41) is 9.69. The summed E-state index contributed by atoms with van der Waals surface area (Å²) in [4.78, 5) is 12.4. The molecule has 1 heterocycles. The Morgan fingerprint density at radius 2 is 1.89 bits per heavy atom. The standard InChI is InChI=1S/C19H23N2O5P/c1-3-26-27(24,17-10-8-16(25-2)9-11-17)21-13-15-7-5-4-6-14(15)12-18(21)19(22)20-23/h4-11,18,23H,3,12-13H2,1-2H3,(H,20,22). The zero-order valence-corrected chi connectivity index (χ0v) is 16.2. The molecule has 0 bridgehead atoms. The minimum Gasteiger partial charge on any atom is -0.497 e. The zero-order valence-electron chi connectivity index (χ0n) is 15.3. The van der Waals surface area contributed by atoms with Crippen LogP contribution < -0.4 is 15.5 Å². The molecule has 2 atom stereocenters. The lowest BCUT2D eigenvalue weighted by atomic mass is 9.95. The number of carbonyl (C=O) groups excluding carboxylic acids is 1. The summed E-state index contributed by atoms with van der Waals surface area (Å²) in [5.74, 6) is 0.0217. The van der Waals surface area contributed by atoms with E-state index >= 15 is 0 Å². The van der Waals surface area contributed by atoms with Crippen molar-refractivity contribution in [2.75, 3.05) is 13.7 Å². The molecule has 0 saturated carbocycles. The second-order valence-corrected chi connectivity index (χ2v) is 8.53. The van der Waals surface area contributed by atoms with Gasteiger partial charge in [0.1, 0.15) is 11.8 Å². The molecule has 2 aromatic carbocycles. The van der Waals surface area contributed by atoms with E-state index in [-0.39, 0.29) is 13.2 Å². The lowest BCUT2D eigenvalue weighted by Crippen LogP contribution is -2.49. The Kier molecular flexibility index (Phi) is 5.97. The molecule has 1 amide bonds. The van der Waals surface area contributed by atoms with Crippen molar-refractivity contribution < 1.29 is 23.8 Å². The average molecular weight is 390 g/mol. The molecular weight excluding hydrogens is 367 g/mol. The highest BCUT2D eigenvalue weighted by atomic mass is 31.2. The first-order chi connectivity index (χ1) is 13.0. The van der Waals surface area contributed by atoms with Gasteiger partial charge in [0.2, 0.25) is 0 Å². The Morgan fingerprint density at radius 1 is 1.22 bits per heavy atom. The van der Waals surface area contributed by atoms with Gasteiger partial charge in [-0.2, -0.15) is 0 Å². The summed E-state index contributed by atoms with van der Waals surface area (Å²) < 4.78 is 26.5. The van der Waals surface area contributed by atoms with Crippen molar-refractivity contribution in [3.05, 3.63) is 59.7 Å². The van der Waals surface area contributed by atoms with Crippen LogP contribution in [0, 0.1) is 0 Å². The number of hydrogen-bond donors (Lipinski definition) is 2. The number of amides is 1. The number of benzene rings is 2. The summed E-state index contributed by atoms with van der Waals surface area (Å²) in [6.07, 6.45) is 0.329. The summed E-state index contributed by atoms with van der Waals surface area (Å²) in [6, 6.07) is 13.6. The molecule has 27 heavy (non-hydrogen) atoms. The molecule has 2 unspecified atom stereocenters. The summed E-state index contributed by atoms with van der Waals surface area (Å²) in [6.45, 7) is 2.25. The minimum absolute atomic E-state index is 0.217. The number of ether oxygens (including phenoxy) is 1. The van der Waals surface area contributed by atoms with Gasteiger partial charge in [-0.15, -0.1) is 0 Å². The van der Waals surface area contributed by atoms with Crippen LogP contribution in [0.2, 0.25) is 0 Å². The van der Waals surface area contributed by atoms with E-state index in [1.165, 1.54) is 0 Å². The van der Waals surface area contributed by atoms with E-state index in [0.29, 0.717) is 17.5 Å². The second-order valence-electron chi connectivity index (χ2n) is 6.20. The predicted molar refractivity (Wildman–Crippen MR) is 101 cm³/mol. The van der Waals surface area contributed by atoms with Crippen molar-refractivity contribution in [2.45, 2.75) is 25.9 Å². The number of hydroxylamine groups is 1. The third kappa shape index (κ3) is 3.77. The van der Waals surface area contributed by atoms with Crippen molar-refractivity contribution in [1.82, 2.24) is 10.2 Å². The fraction of sp³-hybridized carbons (Fsp3) is 0.316. The maximum Gasteiger partial charge on any atom is 0.303 e. The van der Waals surface area contributed by atoms with Crippen molar-refractivity contribution in [1.29, 1.82) is 0 Å². The van der Waals surface area contributed by atoms with Crippen molar-refractivity contribution >= 4 is 18.7 Å². The molecule has 0 fully saturated rings. The fourth-order valence-corrected chi connectivity index (χ4v) is 5.69. The molecule has 7 nitrogen and oxygen atoms in total. The van der Waals surface area contributed by atoms with Gasteiger partial charge in [-0.05, 0) is 48.7 Å². The van der Waals surface area contributed by atoms with Crippen molar-refractivity contribution in [3.63, 3.8) is 0 Å². The topological polar surface area (TPSA) is 88.1 Å². The third-order valence-electron chi connectivity index (χ3n) is 4.68. The lowest BCUT2D eigenvalue weighted by Gasteiger charge is -2.39. The van der Waals surface area contributed by atoms with Crippen LogP contribution >= 0.6 is 7.52 Å². The van der Waals surface area contributed by atoms with Gasteiger partial charge in [-0.25, -0.2) is 10.2 Å². The highest BCUT2D eigenvalue weighted by Gasteiger charge is 2.44. The smallest absolute Gasteiger partial charge is 0.303 e. The largest absolute Gasteiger partial charge is 0.497 e. The molecule has 0 aliphatic carbocycles. The first-order valence-electron chi connectivity index (χ1n) is 8.70. The molecule has 144 valence electrons. The molecule has 0 radical (unpaired) electrons. The number of carbonyl (C=O) groups is 1. The van der Waals surface area contributed by atoms with E-state index in [1.807, 2.05) is 24.3 Å². The Labute approximate surface area is 158 Å². The summed E-state index contributed by atoms with van der Waals surface area (Å²) >= 11 is 0. The molecule has 3 rings (SSSR count). The van der Waals surface area contributed by atoms with Crippen molar-refractivity contribution in [3.8, 4) is 5.75 Å². The van der Waals surface area contributed by atoms with Crippen LogP contribution in [-0.2, 0) is 26.8 Å². The van der Waals surface area contributed by atoms with Crippen molar-refractivity contribution in [2.24, 2.45) is 0 Å². The van der Waals surface area contributed by atoms with Crippen LogP contribution in [0.15, 0.2) is 48.5 Å². The maximum atomic E-state index is 14.0. The fourth-order valence-electron chi connectivity index (χ4n) is 3.33. The van der Waals surface area contributed by atoms with Gasteiger partial charge in [-0.3, -0.25) is 14.6 Å². The van der Waals surface area contributed by atoms with Crippen LogP contribution in [0.3, 0.4) is 0 Å². The van der Waals surface area contributed by atoms with Gasteiger partial charge in [-0.1, -0.05) is 24.3 Å². The van der Waals surface area contributed by atoms with E-state index in [0.717, 1.165) is 11.1 Å². The van der Waals surface area contributed by atoms with E-state index in [2.05, 4.69) is 0 Å². The highest BCUT2D eigenvalue weighted by molar-refractivity contribution is 7.64.